The van der Waals surface area contributed by atoms with E-state index in [4.69, 9.17) is 9.47 Å². The number of benzene rings is 1. The molecule has 1 unspecified atom stereocenters. The van der Waals surface area contributed by atoms with Crippen LogP contribution in [0.4, 0.5) is 0 Å². The van der Waals surface area contributed by atoms with Crippen LogP contribution in [-0.2, 0) is 13.1 Å². The van der Waals surface area contributed by atoms with Crippen molar-refractivity contribution in [1.82, 2.24) is 9.80 Å². The molecule has 0 radical (unpaired) electrons. The predicted octanol–water partition coefficient (Wildman–Crippen LogP) is 2.55. The van der Waals surface area contributed by atoms with Crippen LogP contribution >= 0.6 is 11.3 Å². The molecule has 1 aromatic carbocycles. The fraction of sp³-hybridized carbons (Fsp3) is 0.474. The number of para-hydroxylation sites is 1. The van der Waals surface area contributed by atoms with Crippen LogP contribution in [0, 0.1) is 0 Å². The lowest BCUT2D eigenvalue weighted by Crippen LogP contribution is -2.52. The normalized spacial score (nSPS) is 20.9. The Labute approximate surface area is 152 Å². The Balaban J connectivity index is 1.42. The molecule has 0 saturated carbocycles. The van der Waals surface area contributed by atoms with Gasteiger partial charge in [0.15, 0.2) is 11.5 Å². The number of hydrogen-bond donors (Lipinski definition) is 1. The molecular formula is C19H24N2O3S. The van der Waals surface area contributed by atoms with Gasteiger partial charge in [0, 0.05) is 50.9 Å². The Morgan fingerprint density at radius 2 is 2.12 bits per heavy atom. The highest BCUT2D eigenvalue weighted by Crippen LogP contribution is 2.36. The van der Waals surface area contributed by atoms with Gasteiger partial charge in [-0.3, -0.25) is 9.80 Å². The van der Waals surface area contributed by atoms with E-state index in [1.807, 2.05) is 12.1 Å². The first-order chi connectivity index (χ1) is 12.3. The van der Waals surface area contributed by atoms with Crippen molar-refractivity contribution >= 4 is 11.3 Å². The first-order valence-electron chi connectivity index (χ1n) is 8.79. The maximum Gasteiger partial charge on any atom is 0.231 e. The number of rotatable bonds is 6. The standard InChI is InChI=1S/C19H24N2O3S/c22-8-4-17-12-20(6-7-21(17)10-15-5-9-25-13-15)11-16-2-1-3-18-19(16)24-14-23-18/h1-3,5,9,13,17,22H,4,6-8,10-12,14H2. The zero-order chi connectivity index (χ0) is 17.1. The van der Waals surface area contributed by atoms with Crippen LogP contribution in [0.3, 0.4) is 0 Å². The molecule has 0 amide bonds. The summed E-state index contributed by atoms with van der Waals surface area (Å²) in [5.41, 5.74) is 2.55. The van der Waals surface area contributed by atoms with E-state index < -0.39 is 0 Å². The first-order valence-corrected chi connectivity index (χ1v) is 9.73. The molecule has 1 saturated heterocycles. The van der Waals surface area contributed by atoms with Gasteiger partial charge in [0.2, 0.25) is 6.79 Å². The molecule has 1 aromatic heterocycles. The third-order valence-corrected chi connectivity index (χ3v) is 5.72. The molecule has 6 heteroatoms. The second-order valence-corrected chi connectivity index (χ2v) is 7.43. The fourth-order valence-corrected chi connectivity index (χ4v) is 4.36. The Bertz CT molecular complexity index is 692. The summed E-state index contributed by atoms with van der Waals surface area (Å²) in [5, 5.41) is 13.8. The molecule has 0 spiro atoms. The molecule has 1 fully saturated rings. The van der Waals surface area contributed by atoms with Crippen molar-refractivity contribution in [3.63, 3.8) is 0 Å². The molecule has 5 nitrogen and oxygen atoms in total. The lowest BCUT2D eigenvalue weighted by atomic mass is 10.1. The first kappa shape index (κ1) is 16.8. The van der Waals surface area contributed by atoms with Crippen molar-refractivity contribution < 1.29 is 14.6 Å². The zero-order valence-electron chi connectivity index (χ0n) is 14.3. The van der Waals surface area contributed by atoms with Crippen LogP contribution in [0.1, 0.15) is 17.5 Å². The van der Waals surface area contributed by atoms with E-state index >= 15 is 0 Å². The molecule has 134 valence electrons. The number of nitrogens with zero attached hydrogens (tertiary/aromatic N) is 2. The molecule has 1 atom stereocenters. The zero-order valence-corrected chi connectivity index (χ0v) is 15.1. The molecule has 0 aliphatic carbocycles. The van der Waals surface area contributed by atoms with Gasteiger partial charge in [0.1, 0.15) is 0 Å². The van der Waals surface area contributed by atoms with Gasteiger partial charge in [-0.2, -0.15) is 11.3 Å². The summed E-state index contributed by atoms with van der Waals surface area (Å²) >= 11 is 1.74. The van der Waals surface area contributed by atoms with E-state index in [0.717, 1.165) is 50.6 Å². The quantitative estimate of drug-likeness (QED) is 0.858. The van der Waals surface area contributed by atoms with E-state index in [1.165, 1.54) is 11.1 Å². The lowest BCUT2D eigenvalue weighted by molar-refractivity contribution is 0.0496. The van der Waals surface area contributed by atoms with Gasteiger partial charge in [-0.05, 0) is 34.9 Å². The van der Waals surface area contributed by atoms with Crippen LogP contribution in [-0.4, -0.2) is 54.0 Å². The highest BCUT2D eigenvalue weighted by Gasteiger charge is 2.28. The number of fused-ring (bicyclic) bond motifs is 1. The Morgan fingerprint density at radius 3 is 2.96 bits per heavy atom. The fourth-order valence-electron chi connectivity index (χ4n) is 3.71. The van der Waals surface area contributed by atoms with E-state index in [-0.39, 0.29) is 6.61 Å². The Morgan fingerprint density at radius 1 is 1.16 bits per heavy atom. The molecule has 25 heavy (non-hydrogen) atoms. The van der Waals surface area contributed by atoms with Crippen molar-refractivity contribution in [2.75, 3.05) is 33.0 Å². The molecule has 3 heterocycles. The van der Waals surface area contributed by atoms with E-state index in [1.54, 1.807) is 11.3 Å². The van der Waals surface area contributed by atoms with E-state index in [9.17, 15) is 5.11 Å². The van der Waals surface area contributed by atoms with Crippen LogP contribution in [0.2, 0.25) is 0 Å². The highest BCUT2D eigenvalue weighted by molar-refractivity contribution is 7.07. The third kappa shape index (κ3) is 3.82. The largest absolute Gasteiger partial charge is 0.454 e. The van der Waals surface area contributed by atoms with Crippen molar-refractivity contribution in [1.29, 1.82) is 0 Å². The summed E-state index contributed by atoms with van der Waals surface area (Å²) in [6, 6.07) is 8.68. The molecule has 1 N–H and O–H groups in total. The number of piperazine rings is 1. The molecule has 2 aromatic rings. The second-order valence-electron chi connectivity index (χ2n) is 6.65. The predicted molar refractivity (Wildman–Crippen MR) is 98.1 cm³/mol. The second kappa shape index (κ2) is 7.74. The van der Waals surface area contributed by atoms with Gasteiger partial charge in [-0.25, -0.2) is 0 Å². The number of aliphatic hydroxyl groups is 1. The number of thiophene rings is 1. The lowest BCUT2D eigenvalue weighted by Gasteiger charge is -2.41. The summed E-state index contributed by atoms with van der Waals surface area (Å²) in [6.45, 7) is 5.39. The van der Waals surface area contributed by atoms with Crippen molar-refractivity contribution in [2.45, 2.75) is 25.6 Å². The number of hydrogen-bond acceptors (Lipinski definition) is 6. The monoisotopic (exact) mass is 360 g/mol. The summed E-state index contributed by atoms with van der Waals surface area (Å²) < 4.78 is 11.1. The minimum atomic E-state index is 0.232. The average molecular weight is 360 g/mol. The van der Waals surface area contributed by atoms with Crippen LogP contribution in [0.15, 0.2) is 35.0 Å². The van der Waals surface area contributed by atoms with E-state index in [2.05, 4.69) is 32.7 Å². The minimum Gasteiger partial charge on any atom is -0.454 e. The molecule has 4 rings (SSSR count). The van der Waals surface area contributed by atoms with Crippen LogP contribution < -0.4 is 9.47 Å². The van der Waals surface area contributed by atoms with Crippen LogP contribution in [0.25, 0.3) is 0 Å². The Hall–Kier alpha value is -1.60. The third-order valence-electron chi connectivity index (χ3n) is 4.99. The molecule has 2 aliphatic heterocycles. The summed E-state index contributed by atoms with van der Waals surface area (Å²) in [6.07, 6.45) is 0.813. The van der Waals surface area contributed by atoms with E-state index in [0.29, 0.717) is 12.8 Å². The summed E-state index contributed by atoms with van der Waals surface area (Å²) in [4.78, 5) is 4.96. The maximum atomic E-state index is 9.49. The van der Waals surface area contributed by atoms with Crippen molar-refractivity contribution in [2.24, 2.45) is 0 Å². The molecule has 2 aliphatic rings. The van der Waals surface area contributed by atoms with Gasteiger partial charge < -0.3 is 14.6 Å². The number of aliphatic hydroxyl groups excluding tert-OH is 1. The maximum absolute atomic E-state index is 9.49. The summed E-state index contributed by atoms with van der Waals surface area (Å²) in [5.74, 6) is 1.74. The molecular weight excluding hydrogens is 336 g/mol. The topological polar surface area (TPSA) is 45.2 Å². The molecule has 0 bridgehead atoms. The SMILES string of the molecule is OCCC1CN(Cc2cccc3c2OCO3)CCN1Cc1ccsc1. The van der Waals surface area contributed by atoms with Crippen LogP contribution in [0.5, 0.6) is 11.5 Å². The smallest absolute Gasteiger partial charge is 0.231 e. The van der Waals surface area contributed by atoms with Crippen molar-refractivity contribution in [3.05, 3.63) is 46.2 Å². The van der Waals surface area contributed by atoms with Gasteiger partial charge in [-0.1, -0.05) is 12.1 Å². The van der Waals surface area contributed by atoms with Crippen molar-refractivity contribution in [3.8, 4) is 11.5 Å². The average Bonchev–Trinajstić information content (AvgIpc) is 3.29. The van der Waals surface area contributed by atoms with Gasteiger partial charge in [0.05, 0.1) is 0 Å². The highest BCUT2D eigenvalue weighted by atomic mass is 32.1. The van der Waals surface area contributed by atoms with Gasteiger partial charge in [-0.15, -0.1) is 0 Å². The van der Waals surface area contributed by atoms with Gasteiger partial charge >= 0.3 is 0 Å². The number of ether oxygens (including phenoxy) is 2. The van der Waals surface area contributed by atoms with Gasteiger partial charge in [0.25, 0.3) is 0 Å². The Kier molecular flexibility index (Phi) is 5.22. The summed E-state index contributed by atoms with van der Waals surface area (Å²) in [7, 11) is 0. The minimum absolute atomic E-state index is 0.232.